The minimum atomic E-state index is -0.488. The molecular formula is C12H12N2O3S. The van der Waals surface area contributed by atoms with Crippen molar-refractivity contribution in [2.24, 2.45) is 0 Å². The van der Waals surface area contributed by atoms with Crippen molar-refractivity contribution in [2.45, 2.75) is 25.4 Å². The van der Waals surface area contributed by atoms with Crippen LogP contribution >= 0.6 is 11.3 Å². The third-order valence-corrected chi connectivity index (χ3v) is 4.36. The molecule has 2 aliphatic rings. The summed E-state index contributed by atoms with van der Waals surface area (Å²) >= 11 is 1.50. The summed E-state index contributed by atoms with van der Waals surface area (Å²) in [6, 6.07) is -0.488. The average Bonchev–Trinajstić information content (AvgIpc) is 2.91. The van der Waals surface area contributed by atoms with Crippen LogP contribution in [-0.4, -0.2) is 40.6 Å². The largest absolute Gasteiger partial charge is 0.322 e. The lowest BCUT2D eigenvalue weighted by Gasteiger charge is -2.33. The summed E-state index contributed by atoms with van der Waals surface area (Å²) in [4.78, 5) is 38.4. The lowest BCUT2D eigenvalue weighted by atomic mass is 10.0. The molecule has 2 aliphatic heterocycles. The highest BCUT2D eigenvalue weighted by Crippen LogP contribution is 2.30. The van der Waals surface area contributed by atoms with E-state index in [1.807, 2.05) is 10.8 Å². The number of imide groups is 1. The Balaban J connectivity index is 1.85. The fourth-order valence-corrected chi connectivity index (χ4v) is 3.30. The van der Waals surface area contributed by atoms with Gasteiger partial charge < -0.3 is 4.90 Å². The van der Waals surface area contributed by atoms with Crippen LogP contribution in [0.4, 0.5) is 0 Å². The maximum Gasteiger partial charge on any atom is 0.256 e. The predicted octanol–water partition coefficient (Wildman–Crippen LogP) is 0.851. The number of hydrogen-bond donors (Lipinski definition) is 0. The normalized spacial score (nSPS) is 23.8. The highest BCUT2D eigenvalue weighted by molar-refractivity contribution is 7.08. The zero-order chi connectivity index (χ0) is 12.9. The number of likely N-dealkylation sites (N-methyl/N-ethyl adjacent to an activating group) is 1. The fraction of sp³-hybridized carbons (Fsp3) is 0.417. The van der Waals surface area contributed by atoms with E-state index < -0.39 is 6.04 Å². The second-order valence-corrected chi connectivity index (χ2v) is 5.33. The number of rotatable bonds is 1. The standard InChI is InChI=1S/C12H12N2O3S/c1-13-10(15)3-2-9(12(13)17)14-4-7-5-18-6-8(7)11(14)16/h5-6,9H,2-4H2,1H3. The number of hydrogen-bond acceptors (Lipinski definition) is 4. The molecule has 18 heavy (non-hydrogen) atoms. The van der Waals surface area contributed by atoms with Crippen LogP contribution in [0.15, 0.2) is 10.8 Å². The number of likely N-dealkylation sites (tertiary alicyclic amines) is 1. The summed E-state index contributed by atoms with van der Waals surface area (Å²) in [5.74, 6) is -0.530. The molecule has 1 atom stereocenters. The molecule has 5 nitrogen and oxygen atoms in total. The SMILES string of the molecule is CN1C(=O)CCC(N2Cc3cscc3C2=O)C1=O. The van der Waals surface area contributed by atoms with E-state index in [0.29, 0.717) is 24.9 Å². The quantitative estimate of drug-likeness (QED) is 0.707. The molecule has 0 spiro atoms. The van der Waals surface area contributed by atoms with Gasteiger partial charge in [0.2, 0.25) is 5.91 Å². The van der Waals surface area contributed by atoms with Crippen LogP contribution in [0.2, 0.25) is 0 Å². The van der Waals surface area contributed by atoms with Gasteiger partial charge in [-0.25, -0.2) is 0 Å². The Kier molecular flexibility index (Phi) is 2.48. The van der Waals surface area contributed by atoms with E-state index in [1.54, 1.807) is 4.90 Å². The van der Waals surface area contributed by atoms with Crippen LogP contribution in [0.1, 0.15) is 28.8 Å². The maximum absolute atomic E-state index is 12.2. The zero-order valence-electron chi connectivity index (χ0n) is 9.88. The van der Waals surface area contributed by atoms with E-state index in [9.17, 15) is 14.4 Å². The minimum absolute atomic E-state index is 0.0904. The molecule has 1 aromatic rings. The lowest BCUT2D eigenvalue weighted by molar-refractivity contribution is -0.150. The summed E-state index contributed by atoms with van der Waals surface area (Å²) in [6.07, 6.45) is 0.755. The average molecular weight is 264 g/mol. The summed E-state index contributed by atoms with van der Waals surface area (Å²) in [5.41, 5.74) is 1.68. The van der Waals surface area contributed by atoms with Gasteiger partial charge in [0, 0.05) is 25.4 Å². The Bertz CT molecular complexity index is 551. The van der Waals surface area contributed by atoms with Crippen LogP contribution in [0.25, 0.3) is 0 Å². The Morgan fingerprint density at radius 2 is 2.06 bits per heavy atom. The van der Waals surface area contributed by atoms with Crippen LogP contribution in [0, 0.1) is 0 Å². The van der Waals surface area contributed by atoms with Gasteiger partial charge in [-0.15, -0.1) is 0 Å². The molecule has 1 saturated heterocycles. The van der Waals surface area contributed by atoms with Crippen molar-refractivity contribution in [3.8, 4) is 0 Å². The van der Waals surface area contributed by atoms with Gasteiger partial charge in [0.1, 0.15) is 6.04 Å². The third-order valence-electron chi connectivity index (χ3n) is 3.57. The molecule has 3 heterocycles. The lowest BCUT2D eigenvalue weighted by Crippen LogP contribution is -2.53. The number of fused-ring (bicyclic) bond motifs is 1. The van der Waals surface area contributed by atoms with Gasteiger partial charge in [-0.1, -0.05) is 0 Å². The van der Waals surface area contributed by atoms with Crippen LogP contribution in [-0.2, 0) is 16.1 Å². The maximum atomic E-state index is 12.2. The van der Waals surface area contributed by atoms with Gasteiger partial charge in [0.15, 0.2) is 0 Å². The van der Waals surface area contributed by atoms with Crippen molar-refractivity contribution < 1.29 is 14.4 Å². The van der Waals surface area contributed by atoms with E-state index in [0.717, 1.165) is 10.5 Å². The summed E-state index contributed by atoms with van der Waals surface area (Å²) in [7, 11) is 1.48. The highest BCUT2D eigenvalue weighted by Gasteiger charge is 2.41. The molecule has 6 heteroatoms. The molecule has 1 aromatic heterocycles. The topological polar surface area (TPSA) is 57.7 Å². The minimum Gasteiger partial charge on any atom is -0.322 e. The smallest absolute Gasteiger partial charge is 0.256 e. The molecule has 1 unspecified atom stereocenters. The van der Waals surface area contributed by atoms with Crippen molar-refractivity contribution in [3.63, 3.8) is 0 Å². The molecule has 0 aromatic carbocycles. The van der Waals surface area contributed by atoms with Gasteiger partial charge >= 0.3 is 0 Å². The fourth-order valence-electron chi connectivity index (χ4n) is 2.48. The third kappa shape index (κ3) is 1.49. The second kappa shape index (κ2) is 3.91. The van der Waals surface area contributed by atoms with Gasteiger partial charge in [-0.3, -0.25) is 19.3 Å². The molecule has 3 rings (SSSR count). The van der Waals surface area contributed by atoms with Crippen LogP contribution in [0.3, 0.4) is 0 Å². The van der Waals surface area contributed by atoms with Crippen molar-refractivity contribution in [1.82, 2.24) is 9.80 Å². The van der Waals surface area contributed by atoms with Gasteiger partial charge in [0.25, 0.3) is 11.8 Å². The molecule has 0 aliphatic carbocycles. The molecular weight excluding hydrogens is 252 g/mol. The molecule has 94 valence electrons. The van der Waals surface area contributed by atoms with Crippen molar-refractivity contribution in [3.05, 3.63) is 21.9 Å². The van der Waals surface area contributed by atoms with Crippen molar-refractivity contribution >= 4 is 29.1 Å². The second-order valence-electron chi connectivity index (χ2n) is 4.59. The number of piperidine rings is 1. The number of thiophene rings is 1. The van der Waals surface area contributed by atoms with Gasteiger partial charge in [-0.05, 0) is 17.4 Å². The molecule has 3 amide bonds. The summed E-state index contributed by atoms with van der Waals surface area (Å²) in [6.45, 7) is 0.482. The zero-order valence-corrected chi connectivity index (χ0v) is 10.7. The van der Waals surface area contributed by atoms with Crippen LogP contribution < -0.4 is 0 Å². The van der Waals surface area contributed by atoms with Crippen molar-refractivity contribution in [2.75, 3.05) is 7.05 Å². The first-order valence-corrected chi connectivity index (χ1v) is 6.70. The van der Waals surface area contributed by atoms with Crippen molar-refractivity contribution in [1.29, 1.82) is 0 Å². The van der Waals surface area contributed by atoms with E-state index in [2.05, 4.69) is 0 Å². The molecule has 0 radical (unpaired) electrons. The number of carbonyl (C=O) groups excluding carboxylic acids is 3. The summed E-state index contributed by atoms with van der Waals surface area (Å²) < 4.78 is 0. The molecule has 0 N–H and O–H groups in total. The first-order chi connectivity index (χ1) is 8.59. The van der Waals surface area contributed by atoms with E-state index in [-0.39, 0.29) is 17.7 Å². The van der Waals surface area contributed by atoms with Gasteiger partial charge in [-0.2, -0.15) is 11.3 Å². The Morgan fingerprint density at radius 1 is 1.28 bits per heavy atom. The number of nitrogens with zero attached hydrogens (tertiary/aromatic N) is 2. The van der Waals surface area contributed by atoms with E-state index in [4.69, 9.17) is 0 Å². The number of carbonyl (C=O) groups is 3. The molecule has 0 bridgehead atoms. The molecule has 0 saturated carbocycles. The van der Waals surface area contributed by atoms with E-state index in [1.165, 1.54) is 18.4 Å². The van der Waals surface area contributed by atoms with Gasteiger partial charge in [0.05, 0.1) is 5.56 Å². The monoisotopic (exact) mass is 264 g/mol. The van der Waals surface area contributed by atoms with E-state index >= 15 is 0 Å². The Hall–Kier alpha value is -1.69. The first kappa shape index (κ1) is 11.4. The molecule has 1 fully saturated rings. The predicted molar refractivity (Wildman–Crippen MR) is 65.0 cm³/mol. The van der Waals surface area contributed by atoms with Crippen LogP contribution in [0.5, 0.6) is 0 Å². The Morgan fingerprint density at radius 3 is 2.78 bits per heavy atom. The summed E-state index contributed by atoms with van der Waals surface area (Å²) in [5, 5.41) is 3.76. The highest BCUT2D eigenvalue weighted by atomic mass is 32.1. The Labute approximate surface area is 108 Å². The number of amides is 3. The first-order valence-electron chi connectivity index (χ1n) is 5.76.